The Balaban J connectivity index is 1.95. The summed E-state index contributed by atoms with van der Waals surface area (Å²) in [6, 6.07) is 0. The molecule has 5 nitrogen and oxygen atoms in total. The monoisotopic (exact) mass is 236 g/mol. The molecule has 0 spiro atoms. The number of nitrogens with zero attached hydrogens (tertiary/aromatic N) is 1. The van der Waals surface area contributed by atoms with Crippen molar-refractivity contribution in [3.05, 3.63) is 17.5 Å². The summed E-state index contributed by atoms with van der Waals surface area (Å²) in [6.07, 6.45) is 5.80. The van der Waals surface area contributed by atoms with Gasteiger partial charge >= 0.3 is 0 Å². The number of rotatable bonds is 4. The average molecular weight is 236 g/mol. The molecule has 17 heavy (non-hydrogen) atoms. The molecule has 2 rings (SSSR count). The number of nitrogens with one attached hydrogen (secondary N) is 2. The zero-order chi connectivity index (χ0) is 12.3. The molecule has 0 unspecified atom stereocenters. The zero-order valence-corrected chi connectivity index (χ0v) is 10.3. The van der Waals surface area contributed by atoms with Gasteiger partial charge in [-0.25, -0.2) is 0 Å². The van der Waals surface area contributed by atoms with Crippen LogP contribution in [0.2, 0.25) is 0 Å². The molecule has 1 heterocycles. The van der Waals surface area contributed by atoms with Crippen molar-refractivity contribution in [1.29, 1.82) is 0 Å². The summed E-state index contributed by atoms with van der Waals surface area (Å²) < 4.78 is 0. The molecule has 1 aliphatic carbocycles. The van der Waals surface area contributed by atoms with Crippen LogP contribution in [-0.2, 0) is 11.3 Å². The number of hydrogen-bond acceptors (Lipinski definition) is 3. The second-order valence-electron chi connectivity index (χ2n) is 4.89. The fourth-order valence-corrected chi connectivity index (χ4v) is 2.49. The van der Waals surface area contributed by atoms with Crippen molar-refractivity contribution in [1.82, 2.24) is 15.5 Å². The molecule has 0 atom stereocenters. The fourth-order valence-electron chi connectivity index (χ4n) is 2.49. The second-order valence-corrected chi connectivity index (χ2v) is 4.89. The molecule has 5 heteroatoms. The molecule has 1 amide bonds. The minimum Gasteiger partial charge on any atom is -0.351 e. The lowest BCUT2D eigenvalue weighted by molar-refractivity contribution is -0.130. The minimum absolute atomic E-state index is 0.0955. The highest BCUT2D eigenvalue weighted by Crippen LogP contribution is 2.37. The van der Waals surface area contributed by atoms with E-state index in [0.717, 1.165) is 36.9 Å². The van der Waals surface area contributed by atoms with Gasteiger partial charge in [0.2, 0.25) is 5.91 Å². The van der Waals surface area contributed by atoms with E-state index >= 15 is 0 Å². The van der Waals surface area contributed by atoms with Crippen molar-refractivity contribution in [2.75, 3.05) is 6.54 Å². The largest absolute Gasteiger partial charge is 0.351 e. The minimum atomic E-state index is -0.322. The van der Waals surface area contributed by atoms with Crippen LogP contribution in [0.5, 0.6) is 0 Å². The van der Waals surface area contributed by atoms with Gasteiger partial charge in [-0.15, -0.1) is 0 Å². The lowest BCUT2D eigenvalue weighted by Gasteiger charge is -2.25. The molecule has 4 N–H and O–H groups in total. The van der Waals surface area contributed by atoms with E-state index in [1.807, 2.05) is 6.92 Å². The third-order valence-corrected chi connectivity index (χ3v) is 3.81. The Bertz CT molecular complexity index is 393. The van der Waals surface area contributed by atoms with Crippen LogP contribution in [0.25, 0.3) is 0 Å². The van der Waals surface area contributed by atoms with Crippen molar-refractivity contribution < 1.29 is 4.79 Å². The van der Waals surface area contributed by atoms with Gasteiger partial charge in [-0.3, -0.25) is 9.89 Å². The van der Waals surface area contributed by atoms with E-state index in [1.165, 1.54) is 0 Å². The molecule has 94 valence electrons. The van der Waals surface area contributed by atoms with E-state index in [0.29, 0.717) is 13.1 Å². The number of aromatic amines is 1. The summed E-state index contributed by atoms with van der Waals surface area (Å²) in [5, 5.41) is 9.77. The summed E-state index contributed by atoms with van der Waals surface area (Å²) >= 11 is 0. The highest BCUT2D eigenvalue weighted by Gasteiger charge is 2.39. The first kappa shape index (κ1) is 12.1. The molecule has 1 aromatic heterocycles. The van der Waals surface area contributed by atoms with Gasteiger partial charge in [0.1, 0.15) is 0 Å². The smallest absolute Gasteiger partial charge is 0.227 e. The summed E-state index contributed by atoms with van der Waals surface area (Å²) in [6.45, 7) is 2.93. The molecular formula is C12H20N4O. The topological polar surface area (TPSA) is 83.8 Å². The van der Waals surface area contributed by atoms with Gasteiger partial charge in [0.15, 0.2) is 0 Å². The van der Waals surface area contributed by atoms with Crippen LogP contribution in [0.15, 0.2) is 6.20 Å². The van der Waals surface area contributed by atoms with Gasteiger partial charge < -0.3 is 11.1 Å². The van der Waals surface area contributed by atoms with E-state index in [-0.39, 0.29) is 11.3 Å². The Hall–Kier alpha value is -1.36. The van der Waals surface area contributed by atoms with E-state index in [4.69, 9.17) is 5.73 Å². The lowest BCUT2D eigenvalue weighted by atomic mass is 9.85. The first-order chi connectivity index (χ1) is 8.18. The number of nitrogens with two attached hydrogens (primary N) is 1. The van der Waals surface area contributed by atoms with Gasteiger partial charge in [-0.05, 0) is 19.8 Å². The van der Waals surface area contributed by atoms with E-state index in [9.17, 15) is 4.79 Å². The molecule has 0 aliphatic heterocycles. The predicted octanol–water partition coefficient (Wildman–Crippen LogP) is 0.853. The van der Waals surface area contributed by atoms with Crippen LogP contribution in [0.4, 0.5) is 0 Å². The zero-order valence-electron chi connectivity index (χ0n) is 10.3. The van der Waals surface area contributed by atoms with E-state index in [2.05, 4.69) is 15.5 Å². The van der Waals surface area contributed by atoms with Gasteiger partial charge in [0.25, 0.3) is 0 Å². The summed E-state index contributed by atoms with van der Waals surface area (Å²) in [4.78, 5) is 12.2. The van der Waals surface area contributed by atoms with Crippen molar-refractivity contribution in [3.8, 4) is 0 Å². The van der Waals surface area contributed by atoms with Crippen molar-refractivity contribution in [3.63, 3.8) is 0 Å². The average Bonchev–Trinajstić information content (AvgIpc) is 2.95. The van der Waals surface area contributed by atoms with Crippen molar-refractivity contribution in [2.45, 2.75) is 39.2 Å². The molecule has 0 saturated heterocycles. The molecule has 1 saturated carbocycles. The fraction of sp³-hybridized carbons (Fsp3) is 0.667. The maximum absolute atomic E-state index is 12.2. The lowest BCUT2D eigenvalue weighted by Crippen LogP contribution is -2.43. The van der Waals surface area contributed by atoms with Gasteiger partial charge in [-0.2, -0.15) is 5.10 Å². The third kappa shape index (κ3) is 2.34. The number of hydrogen-bond donors (Lipinski definition) is 3. The highest BCUT2D eigenvalue weighted by molar-refractivity contribution is 5.83. The molecule has 0 bridgehead atoms. The quantitative estimate of drug-likeness (QED) is 0.724. The SMILES string of the molecule is Cc1[nH]ncc1CNC(=O)C1(CN)CCCC1. The number of H-pyrrole nitrogens is 1. The maximum atomic E-state index is 12.2. The first-order valence-electron chi connectivity index (χ1n) is 6.15. The molecule has 1 aromatic rings. The van der Waals surface area contributed by atoms with Crippen LogP contribution in [0, 0.1) is 12.3 Å². The predicted molar refractivity (Wildman–Crippen MR) is 65.1 cm³/mol. The van der Waals surface area contributed by atoms with Crippen LogP contribution in [-0.4, -0.2) is 22.6 Å². The Morgan fingerprint density at radius 3 is 2.82 bits per heavy atom. The van der Waals surface area contributed by atoms with Gasteiger partial charge in [-0.1, -0.05) is 12.8 Å². The standard InChI is InChI=1S/C12H20N4O/c1-9-10(7-15-16-9)6-14-11(17)12(8-13)4-2-3-5-12/h7H,2-6,8,13H2,1H3,(H,14,17)(H,15,16). The van der Waals surface area contributed by atoms with Crippen LogP contribution < -0.4 is 11.1 Å². The number of amides is 1. The molecule has 1 fully saturated rings. The van der Waals surface area contributed by atoms with Crippen LogP contribution in [0.1, 0.15) is 36.9 Å². The number of aryl methyl sites for hydroxylation is 1. The number of carbonyl (C=O) groups excluding carboxylic acids is 1. The van der Waals surface area contributed by atoms with Crippen molar-refractivity contribution >= 4 is 5.91 Å². The Morgan fingerprint density at radius 2 is 2.29 bits per heavy atom. The van der Waals surface area contributed by atoms with E-state index in [1.54, 1.807) is 6.20 Å². The summed E-state index contributed by atoms with van der Waals surface area (Å²) in [5.74, 6) is 0.0955. The maximum Gasteiger partial charge on any atom is 0.227 e. The first-order valence-corrected chi connectivity index (χ1v) is 6.15. The molecule has 0 radical (unpaired) electrons. The Morgan fingerprint density at radius 1 is 1.59 bits per heavy atom. The number of carbonyl (C=O) groups is 1. The normalized spacial score (nSPS) is 18.2. The second kappa shape index (κ2) is 4.87. The molecular weight excluding hydrogens is 216 g/mol. The van der Waals surface area contributed by atoms with Crippen LogP contribution in [0.3, 0.4) is 0 Å². The van der Waals surface area contributed by atoms with Crippen LogP contribution >= 0.6 is 0 Å². The summed E-state index contributed by atoms with van der Waals surface area (Å²) in [7, 11) is 0. The Kier molecular flexibility index (Phi) is 3.47. The van der Waals surface area contributed by atoms with Gasteiger partial charge in [0, 0.05) is 24.3 Å². The third-order valence-electron chi connectivity index (χ3n) is 3.81. The molecule has 1 aliphatic rings. The van der Waals surface area contributed by atoms with E-state index < -0.39 is 0 Å². The Labute approximate surface area is 101 Å². The molecule has 0 aromatic carbocycles. The highest BCUT2D eigenvalue weighted by atomic mass is 16.2. The van der Waals surface area contributed by atoms with Gasteiger partial charge in [0.05, 0.1) is 11.6 Å². The number of aromatic nitrogens is 2. The summed E-state index contributed by atoms with van der Waals surface area (Å²) in [5.41, 5.74) is 7.48. The van der Waals surface area contributed by atoms with Crippen molar-refractivity contribution in [2.24, 2.45) is 11.1 Å².